The van der Waals surface area contributed by atoms with Crippen LogP contribution < -0.4 is 0 Å². The fourth-order valence-electron chi connectivity index (χ4n) is 1.68. The van der Waals surface area contributed by atoms with Crippen molar-refractivity contribution in [3.05, 3.63) is 51.6 Å². The van der Waals surface area contributed by atoms with Crippen molar-refractivity contribution < 1.29 is 4.92 Å². The third-order valence-corrected chi connectivity index (χ3v) is 2.82. The summed E-state index contributed by atoms with van der Waals surface area (Å²) in [7, 11) is 0. The molecule has 2 rings (SSSR count). The molecule has 0 bridgehead atoms. The summed E-state index contributed by atoms with van der Waals surface area (Å²) in [6.07, 6.45) is 1.60. The number of aryl methyl sites for hydroxylation is 1. The van der Waals surface area contributed by atoms with E-state index in [4.69, 9.17) is 5.26 Å². The van der Waals surface area contributed by atoms with Crippen molar-refractivity contribution in [3.63, 3.8) is 0 Å². The van der Waals surface area contributed by atoms with Gasteiger partial charge in [-0.05, 0) is 19.9 Å². The third-order valence-electron chi connectivity index (χ3n) is 2.82. The number of non-ortho nitro benzene ring substituents is 1. The van der Waals surface area contributed by atoms with Crippen LogP contribution in [0.4, 0.5) is 5.69 Å². The Hall–Kier alpha value is -2.68. The first-order valence-corrected chi connectivity index (χ1v) is 5.24. The molecule has 0 radical (unpaired) electrons. The van der Waals surface area contributed by atoms with E-state index in [0.717, 1.165) is 11.4 Å². The van der Waals surface area contributed by atoms with Crippen LogP contribution in [0.25, 0.3) is 5.69 Å². The van der Waals surface area contributed by atoms with Crippen LogP contribution in [-0.2, 0) is 0 Å². The van der Waals surface area contributed by atoms with Crippen molar-refractivity contribution in [1.82, 2.24) is 9.55 Å². The monoisotopic (exact) mass is 242 g/mol. The molecule has 0 spiro atoms. The Bertz CT molecular complexity index is 667. The molecule has 90 valence electrons. The first-order chi connectivity index (χ1) is 8.54. The summed E-state index contributed by atoms with van der Waals surface area (Å²) in [6.45, 7) is 3.74. The Kier molecular flexibility index (Phi) is 2.81. The van der Waals surface area contributed by atoms with Gasteiger partial charge in [0, 0.05) is 17.8 Å². The molecule has 0 amide bonds. The summed E-state index contributed by atoms with van der Waals surface area (Å²) in [5.74, 6) is 0. The average molecular weight is 242 g/mol. The molecule has 0 N–H and O–H groups in total. The van der Waals surface area contributed by atoms with Gasteiger partial charge in [0.25, 0.3) is 5.69 Å². The Balaban J connectivity index is 2.63. The molecule has 0 aliphatic carbocycles. The quantitative estimate of drug-likeness (QED) is 0.597. The SMILES string of the molecule is Cc1ncn(-c2ccc([N+](=O)[O-])cc2C#N)c1C. The number of aromatic nitrogens is 2. The van der Waals surface area contributed by atoms with E-state index >= 15 is 0 Å². The van der Waals surface area contributed by atoms with Gasteiger partial charge in [-0.25, -0.2) is 4.98 Å². The van der Waals surface area contributed by atoms with Gasteiger partial charge < -0.3 is 4.57 Å². The van der Waals surface area contributed by atoms with Gasteiger partial charge in [0.1, 0.15) is 6.07 Å². The van der Waals surface area contributed by atoms with Crippen molar-refractivity contribution in [2.24, 2.45) is 0 Å². The van der Waals surface area contributed by atoms with Crippen LogP contribution in [0.1, 0.15) is 17.0 Å². The number of nitro groups is 1. The van der Waals surface area contributed by atoms with E-state index in [9.17, 15) is 10.1 Å². The molecule has 0 aliphatic rings. The molecule has 0 fully saturated rings. The summed E-state index contributed by atoms with van der Waals surface area (Å²) < 4.78 is 1.75. The minimum atomic E-state index is -0.517. The molecular weight excluding hydrogens is 232 g/mol. The Morgan fingerprint density at radius 1 is 1.44 bits per heavy atom. The number of nitriles is 1. The van der Waals surface area contributed by atoms with E-state index in [0.29, 0.717) is 5.69 Å². The van der Waals surface area contributed by atoms with Crippen molar-refractivity contribution >= 4 is 5.69 Å². The van der Waals surface area contributed by atoms with Gasteiger partial charge >= 0.3 is 0 Å². The molecule has 0 atom stereocenters. The molecule has 2 aromatic rings. The lowest BCUT2D eigenvalue weighted by Crippen LogP contribution is -2.00. The highest BCUT2D eigenvalue weighted by Crippen LogP contribution is 2.22. The van der Waals surface area contributed by atoms with Crippen molar-refractivity contribution in [1.29, 1.82) is 5.26 Å². The zero-order valence-electron chi connectivity index (χ0n) is 9.91. The molecule has 0 saturated heterocycles. The van der Waals surface area contributed by atoms with Crippen LogP contribution in [0.15, 0.2) is 24.5 Å². The Morgan fingerprint density at radius 2 is 2.17 bits per heavy atom. The summed E-state index contributed by atoms with van der Waals surface area (Å²) in [5, 5.41) is 19.7. The summed E-state index contributed by atoms with van der Waals surface area (Å²) >= 11 is 0. The second-order valence-electron chi connectivity index (χ2n) is 3.86. The maximum atomic E-state index is 10.7. The normalized spacial score (nSPS) is 10.1. The highest BCUT2D eigenvalue weighted by Gasteiger charge is 2.13. The lowest BCUT2D eigenvalue weighted by molar-refractivity contribution is -0.384. The zero-order valence-corrected chi connectivity index (χ0v) is 9.91. The fraction of sp³-hybridized carbons (Fsp3) is 0.167. The van der Waals surface area contributed by atoms with Crippen molar-refractivity contribution in [2.45, 2.75) is 13.8 Å². The summed E-state index contributed by atoms with van der Waals surface area (Å²) in [4.78, 5) is 14.3. The highest BCUT2D eigenvalue weighted by molar-refractivity contribution is 5.55. The summed E-state index contributed by atoms with van der Waals surface area (Å²) in [5.41, 5.74) is 2.52. The van der Waals surface area contributed by atoms with E-state index < -0.39 is 4.92 Å². The second kappa shape index (κ2) is 4.30. The molecule has 18 heavy (non-hydrogen) atoms. The molecule has 1 aromatic heterocycles. The second-order valence-corrected chi connectivity index (χ2v) is 3.86. The molecule has 0 unspecified atom stereocenters. The van der Waals surface area contributed by atoms with E-state index in [1.54, 1.807) is 17.0 Å². The van der Waals surface area contributed by atoms with E-state index in [-0.39, 0.29) is 11.3 Å². The standard InChI is InChI=1S/C12H10N4O2/c1-8-9(2)15(7-14-8)12-4-3-11(16(17)18)5-10(12)6-13/h3-5,7H,1-2H3. The van der Waals surface area contributed by atoms with Gasteiger partial charge in [-0.15, -0.1) is 0 Å². The third kappa shape index (κ3) is 1.82. The van der Waals surface area contributed by atoms with E-state index in [1.165, 1.54) is 12.1 Å². The molecule has 1 aromatic carbocycles. The van der Waals surface area contributed by atoms with Gasteiger partial charge in [-0.3, -0.25) is 10.1 Å². The Labute approximate surface area is 103 Å². The van der Waals surface area contributed by atoms with Crippen LogP contribution in [0.5, 0.6) is 0 Å². The molecule has 0 saturated carbocycles. The fourth-order valence-corrected chi connectivity index (χ4v) is 1.68. The van der Waals surface area contributed by atoms with E-state index in [2.05, 4.69) is 4.98 Å². The molecule has 0 aliphatic heterocycles. The average Bonchev–Trinajstić information content (AvgIpc) is 2.69. The van der Waals surface area contributed by atoms with Crippen molar-refractivity contribution in [3.8, 4) is 11.8 Å². The molecule has 6 nitrogen and oxygen atoms in total. The van der Waals surface area contributed by atoms with Crippen LogP contribution >= 0.6 is 0 Å². The molecule has 1 heterocycles. The first kappa shape index (κ1) is 11.8. The highest BCUT2D eigenvalue weighted by atomic mass is 16.6. The largest absolute Gasteiger partial charge is 0.302 e. The van der Waals surface area contributed by atoms with Crippen LogP contribution in [-0.4, -0.2) is 14.5 Å². The number of hydrogen-bond acceptors (Lipinski definition) is 4. The predicted molar refractivity (Wildman–Crippen MR) is 64.4 cm³/mol. The number of imidazole rings is 1. The van der Waals surface area contributed by atoms with Crippen molar-refractivity contribution in [2.75, 3.05) is 0 Å². The minimum Gasteiger partial charge on any atom is -0.302 e. The number of hydrogen-bond donors (Lipinski definition) is 0. The van der Waals surface area contributed by atoms with Crippen LogP contribution in [0.2, 0.25) is 0 Å². The van der Waals surface area contributed by atoms with Gasteiger partial charge in [0.15, 0.2) is 0 Å². The van der Waals surface area contributed by atoms with Gasteiger partial charge in [0.2, 0.25) is 0 Å². The topological polar surface area (TPSA) is 84.8 Å². The van der Waals surface area contributed by atoms with Gasteiger partial charge in [-0.1, -0.05) is 0 Å². The number of nitro benzene ring substituents is 1. The van der Waals surface area contributed by atoms with Crippen LogP contribution in [0.3, 0.4) is 0 Å². The van der Waals surface area contributed by atoms with Gasteiger partial charge in [-0.2, -0.15) is 5.26 Å². The zero-order chi connectivity index (χ0) is 13.3. The first-order valence-electron chi connectivity index (χ1n) is 5.24. The number of nitrogens with zero attached hydrogens (tertiary/aromatic N) is 4. The predicted octanol–water partition coefficient (Wildman–Crippen LogP) is 2.27. The maximum absolute atomic E-state index is 10.7. The molecule has 6 heteroatoms. The Morgan fingerprint density at radius 3 is 2.67 bits per heavy atom. The molecular formula is C12H10N4O2. The number of rotatable bonds is 2. The lowest BCUT2D eigenvalue weighted by Gasteiger charge is -2.07. The maximum Gasteiger partial charge on any atom is 0.270 e. The minimum absolute atomic E-state index is 0.0928. The van der Waals surface area contributed by atoms with Gasteiger partial charge in [0.05, 0.1) is 28.2 Å². The number of benzene rings is 1. The smallest absolute Gasteiger partial charge is 0.270 e. The lowest BCUT2D eigenvalue weighted by atomic mass is 10.1. The summed E-state index contributed by atoms with van der Waals surface area (Å²) in [6, 6.07) is 6.18. The van der Waals surface area contributed by atoms with Crippen LogP contribution in [0, 0.1) is 35.3 Å². The van der Waals surface area contributed by atoms with E-state index in [1.807, 2.05) is 19.9 Å².